The molecule has 0 amide bonds. The van der Waals surface area contributed by atoms with Crippen LogP contribution in [0.5, 0.6) is 0 Å². The Bertz CT molecular complexity index is 277. The van der Waals surface area contributed by atoms with Gasteiger partial charge in [-0.2, -0.15) is 0 Å². The molecular formula is C14H26O3. The number of hydrogen-bond acceptors (Lipinski definition) is 3. The zero-order chi connectivity index (χ0) is 13.7. The minimum atomic E-state index is -0.514. The van der Waals surface area contributed by atoms with E-state index in [0.717, 1.165) is 6.42 Å². The van der Waals surface area contributed by atoms with Crippen LogP contribution in [0.25, 0.3) is 0 Å². The first-order valence-corrected chi connectivity index (χ1v) is 6.12. The van der Waals surface area contributed by atoms with Crippen LogP contribution in [0.3, 0.4) is 0 Å². The van der Waals surface area contributed by atoms with Crippen molar-refractivity contribution in [3.05, 3.63) is 12.2 Å². The molecule has 0 unspecified atom stereocenters. The Morgan fingerprint density at radius 3 is 2.12 bits per heavy atom. The molecule has 0 aliphatic carbocycles. The van der Waals surface area contributed by atoms with E-state index >= 15 is 0 Å². The maximum Gasteiger partial charge on any atom is 0.333 e. The predicted molar refractivity (Wildman–Crippen MR) is 69.9 cm³/mol. The molecule has 0 bridgehead atoms. The first-order chi connectivity index (χ1) is 7.59. The fourth-order valence-corrected chi connectivity index (χ4v) is 1.06. The molecule has 17 heavy (non-hydrogen) atoms. The normalized spacial score (nSPS) is 12.4. The molecule has 0 atom stereocenters. The number of hydrogen-bond donors (Lipinski definition) is 0. The maximum atomic E-state index is 11.4. The first-order valence-electron chi connectivity index (χ1n) is 6.12. The molecule has 0 fully saturated rings. The van der Waals surface area contributed by atoms with Crippen molar-refractivity contribution in [2.75, 3.05) is 6.61 Å². The SMILES string of the molecule is C=C(C)C(=O)OC(C)(C)CCOC(C)(C)CC. The van der Waals surface area contributed by atoms with Gasteiger partial charge in [-0.3, -0.25) is 0 Å². The van der Waals surface area contributed by atoms with Crippen LogP contribution in [0.1, 0.15) is 54.4 Å². The van der Waals surface area contributed by atoms with Gasteiger partial charge in [0.15, 0.2) is 0 Å². The van der Waals surface area contributed by atoms with Crippen LogP contribution in [0.4, 0.5) is 0 Å². The molecule has 0 aromatic heterocycles. The van der Waals surface area contributed by atoms with Gasteiger partial charge in [0.1, 0.15) is 5.60 Å². The molecular weight excluding hydrogens is 216 g/mol. The molecule has 0 N–H and O–H groups in total. The van der Waals surface area contributed by atoms with Gasteiger partial charge >= 0.3 is 5.97 Å². The Kier molecular flexibility index (Phi) is 5.89. The summed E-state index contributed by atoms with van der Waals surface area (Å²) < 4.78 is 11.1. The van der Waals surface area contributed by atoms with Gasteiger partial charge < -0.3 is 9.47 Å². The van der Waals surface area contributed by atoms with Gasteiger partial charge in [-0.1, -0.05) is 13.5 Å². The van der Waals surface area contributed by atoms with E-state index in [1.165, 1.54) is 0 Å². The fourth-order valence-electron chi connectivity index (χ4n) is 1.06. The van der Waals surface area contributed by atoms with E-state index in [0.29, 0.717) is 18.6 Å². The number of rotatable bonds is 7. The van der Waals surface area contributed by atoms with E-state index in [9.17, 15) is 4.79 Å². The zero-order valence-corrected chi connectivity index (χ0v) is 12.1. The lowest BCUT2D eigenvalue weighted by Crippen LogP contribution is -2.32. The Morgan fingerprint density at radius 1 is 1.18 bits per heavy atom. The van der Waals surface area contributed by atoms with Gasteiger partial charge in [0.25, 0.3) is 0 Å². The minimum absolute atomic E-state index is 0.117. The molecule has 0 spiro atoms. The first kappa shape index (κ1) is 16.2. The predicted octanol–water partition coefficient (Wildman–Crippen LogP) is 3.48. The molecule has 0 heterocycles. The Morgan fingerprint density at radius 2 is 1.71 bits per heavy atom. The molecule has 0 saturated heterocycles. The third-order valence-corrected chi connectivity index (χ3v) is 2.77. The van der Waals surface area contributed by atoms with Gasteiger partial charge in [-0.05, 0) is 41.0 Å². The molecule has 0 aromatic carbocycles. The second kappa shape index (κ2) is 6.20. The van der Waals surface area contributed by atoms with Crippen molar-refractivity contribution in [2.24, 2.45) is 0 Å². The average molecular weight is 242 g/mol. The van der Waals surface area contributed by atoms with Crippen LogP contribution in [0, 0.1) is 0 Å². The second-order valence-electron chi connectivity index (χ2n) is 5.64. The largest absolute Gasteiger partial charge is 0.456 e. The van der Waals surface area contributed by atoms with Gasteiger partial charge in [-0.15, -0.1) is 0 Å². The topological polar surface area (TPSA) is 35.5 Å². The number of carbonyl (C=O) groups is 1. The molecule has 0 aliphatic rings. The highest BCUT2D eigenvalue weighted by molar-refractivity contribution is 5.87. The molecule has 0 aliphatic heterocycles. The van der Waals surface area contributed by atoms with Crippen LogP contribution in [0.2, 0.25) is 0 Å². The Hall–Kier alpha value is -0.830. The van der Waals surface area contributed by atoms with Crippen molar-refractivity contribution in [3.63, 3.8) is 0 Å². The summed E-state index contributed by atoms with van der Waals surface area (Å²) in [5.74, 6) is -0.343. The van der Waals surface area contributed by atoms with E-state index in [1.807, 2.05) is 13.8 Å². The summed E-state index contributed by atoms with van der Waals surface area (Å²) in [4.78, 5) is 11.4. The molecule has 3 heteroatoms. The standard InChI is InChI=1S/C14H26O3/c1-8-13(4,5)16-10-9-14(6,7)17-12(15)11(2)3/h2,8-10H2,1,3-7H3. The van der Waals surface area contributed by atoms with E-state index < -0.39 is 5.60 Å². The van der Waals surface area contributed by atoms with Gasteiger partial charge in [0.2, 0.25) is 0 Å². The smallest absolute Gasteiger partial charge is 0.333 e. The van der Waals surface area contributed by atoms with E-state index in [-0.39, 0.29) is 11.6 Å². The lowest BCUT2D eigenvalue weighted by atomic mass is 10.0. The van der Waals surface area contributed by atoms with Crippen LogP contribution in [0.15, 0.2) is 12.2 Å². The molecule has 0 aromatic rings. The third kappa shape index (κ3) is 7.16. The third-order valence-electron chi connectivity index (χ3n) is 2.77. The zero-order valence-electron chi connectivity index (χ0n) is 12.1. The van der Waals surface area contributed by atoms with Crippen LogP contribution in [-0.4, -0.2) is 23.8 Å². The number of esters is 1. The summed E-state index contributed by atoms with van der Waals surface area (Å²) in [5.41, 5.74) is -0.207. The summed E-state index contributed by atoms with van der Waals surface area (Å²) in [6.45, 7) is 15.8. The van der Waals surface area contributed by atoms with Crippen LogP contribution in [-0.2, 0) is 14.3 Å². The average Bonchev–Trinajstić information content (AvgIpc) is 2.16. The van der Waals surface area contributed by atoms with E-state index in [1.54, 1.807) is 6.92 Å². The van der Waals surface area contributed by atoms with Crippen molar-refractivity contribution in [2.45, 2.75) is 65.6 Å². The van der Waals surface area contributed by atoms with E-state index in [4.69, 9.17) is 9.47 Å². The van der Waals surface area contributed by atoms with Crippen LogP contribution < -0.4 is 0 Å². The molecule has 3 nitrogen and oxygen atoms in total. The summed E-state index contributed by atoms with van der Waals surface area (Å²) in [5, 5.41) is 0. The van der Waals surface area contributed by atoms with Gasteiger partial charge in [0.05, 0.1) is 12.2 Å². The highest BCUT2D eigenvalue weighted by atomic mass is 16.6. The van der Waals surface area contributed by atoms with Crippen molar-refractivity contribution in [1.82, 2.24) is 0 Å². The van der Waals surface area contributed by atoms with E-state index in [2.05, 4.69) is 27.4 Å². The summed E-state index contributed by atoms with van der Waals surface area (Å²) in [6.07, 6.45) is 1.63. The summed E-state index contributed by atoms with van der Waals surface area (Å²) in [7, 11) is 0. The molecule has 100 valence electrons. The van der Waals surface area contributed by atoms with Crippen molar-refractivity contribution >= 4 is 5.97 Å². The molecule has 0 saturated carbocycles. The quantitative estimate of drug-likeness (QED) is 0.506. The maximum absolute atomic E-state index is 11.4. The van der Waals surface area contributed by atoms with Crippen LogP contribution >= 0.6 is 0 Å². The fraction of sp³-hybridized carbons (Fsp3) is 0.786. The molecule has 0 rings (SSSR count). The van der Waals surface area contributed by atoms with Crippen molar-refractivity contribution in [3.8, 4) is 0 Å². The number of ether oxygens (including phenoxy) is 2. The van der Waals surface area contributed by atoms with Crippen molar-refractivity contribution in [1.29, 1.82) is 0 Å². The lowest BCUT2D eigenvalue weighted by molar-refractivity contribution is -0.154. The van der Waals surface area contributed by atoms with Gasteiger partial charge in [-0.25, -0.2) is 4.79 Å². The monoisotopic (exact) mass is 242 g/mol. The minimum Gasteiger partial charge on any atom is -0.456 e. The lowest BCUT2D eigenvalue weighted by Gasteiger charge is -2.28. The highest BCUT2D eigenvalue weighted by Gasteiger charge is 2.24. The van der Waals surface area contributed by atoms with Crippen molar-refractivity contribution < 1.29 is 14.3 Å². The Labute approximate surface area is 105 Å². The number of carbonyl (C=O) groups excluding carboxylic acids is 1. The summed E-state index contributed by atoms with van der Waals surface area (Å²) in [6, 6.07) is 0. The molecule has 0 radical (unpaired) electrons. The summed E-state index contributed by atoms with van der Waals surface area (Å²) >= 11 is 0. The second-order valence-corrected chi connectivity index (χ2v) is 5.64. The van der Waals surface area contributed by atoms with Gasteiger partial charge in [0, 0.05) is 12.0 Å². The highest BCUT2D eigenvalue weighted by Crippen LogP contribution is 2.20. The Balaban J connectivity index is 4.10.